The Morgan fingerprint density at radius 3 is 2.52 bits per heavy atom. The van der Waals surface area contributed by atoms with Crippen LogP contribution in [0.25, 0.3) is 22.2 Å². The molecule has 0 saturated carbocycles. The summed E-state index contributed by atoms with van der Waals surface area (Å²) in [5, 5.41) is 9.82. The Morgan fingerprint density at radius 2 is 1.86 bits per heavy atom. The van der Waals surface area contributed by atoms with Gasteiger partial charge in [0.15, 0.2) is 5.43 Å². The van der Waals surface area contributed by atoms with Gasteiger partial charge < -0.3 is 14.8 Å². The number of benzene rings is 2. The van der Waals surface area contributed by atoms with Crippen LogP contribution in [-0.2, 0) is 6.61 Å². The molecule has 0 bridgehead atoms. The number of aromatic nitrogens is 1. The maximum Gasteiger partial charge on any atom is 0.190 e. The van der Waals surface area contributed by atoms with Crippen molar-refractivity contribution in [2.45, 2.75) is 6.61 Å². The summed E-state index contributed by atoms with van der Waals surface area (Å²) in [6, 6.07) is 14.4. The van der Waals surface area contributed by atoms with Gasteiger partial charge in [-0.2, -0.15) is 0 Å². The molecule has 1 aromatic heterocycles. The van der Waals surface area contributed by atoms with Gasteiger partial charge in [-0.1, -0.05) is 6.07 Å². The quantitative estimate of drug-likeness (QED) is 0.776. The average molecular weight is 281 g/mol. The van der Waals surface area contributed by atoms with Gasteiger partial charge in [0.2, 0.25) is 0 Å². The number of H-pyrrole nitrogens is 1. The Kier molecular flexibility index (Phi) is 3.46. The molecule has 106 valence electrons. The molecule has 2 aromatic carbocycles. The van der Waals surface area contributed by atoms with Crippen molar-refractivity contribution in [3.05, 3.63) is 64.3 Å². The summed E-state index contributed by atoms with van der Waals surface area (Å²) >= 11 is 0. The molecular formula is C17H15NO3. The first kappa shape index (κ1) is 13.4. The molecule has 0 atom stereocenters. The Labute approximate surface area is 121 Å². The van der Waals surface area contributed by atoms with Crippen LogP contribution in [0.15, 0.2) is 53.3 Å². The van der Waals surface area contributed by atoms with Crippen LogP contribution in [0.2, 0.25) is 0 Å². The highest BCUT2D eigenvalue weighted by Gasteiger charge is 2.05. The van der Waals surface area contributed by atoms with Crippen LogP contribution in [0.5, 0.6) is 5.75 Å². The first-order chi connectivity index (χ1) is 10.2. The lowest BCUT2D eigenvalue weighted by atomic mass is 10.1. The van der Waals surface area contributed by atoms with E-state index < -0.39 is 0 Å². The SMILES string of the molecule is COc1ccc(-c2cc(=O)c3ccc(CO)cc3[nH]2)cc1. The molecule has 0 aliphatic rings. The second-order valence-corrected chi connectivity index (χ2v) is 4.81. The number of methoxy groups -OCH3 is 1. The molecule has 1 heterocycles. The Morgan fingerprint density at radius 1 is 1.10 bits per heavy atom. The van der Waals surface area contributed by atoms with Crippen molar-refractivity contribution in [1.29, 1.82) is 0 Å². The lowest BCUT2D eigenvalue weighted by molar-refractivity contribution is 0.282. The number of aliphatic hydroxyl groups excluding tert-OH is 1. The number of hydrogen-bond acceptors (Lipinski definition) is 3. The summed E-state index contributed by atoms with van der Waals surface area (Å²) in [5.41, 5.74) is 3.10. The van der Waals surface area contributed by atoms with Crippen molar-refractivity contribution in [1.82, 2.24) is 4.98 Å². The van der Waals surface area contributed by atoms with Crippen molar-refractivity contribution in [3.63, 3.8) is 0 Å². The number of ether oxygens (including phenoxy) is 1. The van der Waals surface area contributed by atoms with Crippen LogP contribution in [0.1, 0.15) is 5.56 Å². The third kappa shape index (κ3) is 2.53. The van der Waals surface area contributed by atoms with Gasteiger partial charge in [0, 0.05) is 17.1 Å². The summed E-state index contributed by atoms with van der Waals surface area (Å²) in [5.74, 6) is 0.768. The Balaban J connectivity index is 2.15. The van der Waals surface area contributed by atoms with Gasteiger partial charge in [0.05, 0.1) is 19.2 Å². The maximum atomic E-state index is 12.2. The zero-order valence-corrected chi connectivity index (χ0v) is 11.6. The van der Waals surface area contributed by atoms with Crippen LogP contribution >= 0.6 is 0 Å². The molecule has 3 rings (SSSR count). The predicted molar refractivity (Wildman–Crippen MR) is 82.5 cm³/mol. The summed E-state index contributed by atoms with van der Waals surface area (Å²) in [6.07, 6.45) is 0. The van der Waals surface area contributed by atoms with Gasteiger partial charge in [-0.3, -0.25) is 4.79 Å². The average Bonchev–Trinajstić information content (AvgIpc) is 2.54. The highest BCUT2D eigenvalue weighted by Crippen LogP contribution is 2.22. The standard InChI is InChI=1S/C17H15NO3/c1-21-13-5-3-12(4-6-13)15-9-17(20)14-7-2-11(10-19)8-16(14)18-15/h2-9,19H,10H2,1H3,(H,18,20). The van der Waals surface area contributed by atoms with E-state index in [0.717, 1.165) is 28.1 Å². The first-order valence-corrected chi connectivity index (χ1v) is 6.62. The van der Waals surface area contributed by atoms with Gasteiger partial charge in [-0.15, -0.1) is 0 Å². The first-order valence-electron chi connectivity index (χ1n) is 6.62. The molecule has 2 N–H and O–H groups in total. The molecule has 0 saturated heterocycles. The van der Waals surface area contributed by atoms with E-state index in [1.54, 1.807) is 31.4 Å². The van der Waals surface area contributed by atoms with Crippen LogP contribution in [0, 0.1) is 0 Å². The van der Waals surface area contributed by atoms with E-state index in [9.17, 15) is 9.90 Å². The number of pyridine rings is 1. The molecule has 3 aromatic rings. The van der Waals surface area contributed by atoms with E-state index in [4.69, 9.17) is 4.74 Å². The maximum absolute atomic E-state index is 12.2. The van der Waals surface area contributed by atoms with Crippen molar-refractivity contribution >= 4 is 10.9 Å². The lowest BCUT2D eigenvalue weighted by Crippen LogP contribution is -2.03. The van der Waals surface area contributed by atoms with Crippen LogP contribution in [0.4, 0.5) is 0 Å². The molecule has 0 amide bonds. The third-order valence-corrected chi connectivity index (χ3v) is 3.48. The normalized spacial score (nSPS) is 10.8. The number of aliphatic hydroxyl groups is 1. The fraction of sp³-hybridized carbons (Fsp3) is 0.118. The van der Waals surface area contributed by atoms with Crippen LogP contribution in [-0.4, -0.2) is 17.2 Å². The molecule has 21 heavy (non-hydrogen) atoms. The summed E-state index contributed by atoms with van der Waals surface area (Å²) in [7, 11) is 1.61. The minimum atomic E-state index is -0.0509. The topological polar surface area (TPSA) is 62.3 Å². The Hall–Kier alpha value is -2.59. The zero-order chi connectivity index (χ0) is 14.8. The van der Waals surface area contributed by atoms with Crippen LogP contribution < -0.4 is 10.2 Å². The highest BCUT2D eigenvalue weighted by atomic mass is 16.5. The summed E-state index contributed by atoms with van der Waals surface area (Å²) in [6.45, 7) is -0.0509. The fourth-order valence-corrected chi connectivity index (χ4v) is 2.32. The summed E-state index contributed by atoms with van der Waals surface area (Å²) < 4.78 is 5.13. The van der Waals surface area contributed by atoms with E-state index in [1.807, 2.05) is 24.3 Å². The van der Waals surface area contributed by atoms with E-state index in [0.29, 0.717) is 5.39 Å². The van der Waals surface area contributed by atoms with Crippen molar-refractivity contribution in [2.24, 2.45) is 0 Å². The molecular weight excluding hydrogens is 266 g/mol. The largest absolute Gasteiger partial charge is 0.497 e. The van der Waals surface area contributed by atoms with Crippen molar-refractivity contribution in [2.75, 3.05) is 7.11 Å². The monoisotopic (exact) mass is 281 g/mol. The molecule has 0 radical (unpaired) electrons. The second kappa shape index (κ2) is 5.42. The van der Waals surface area contributed by atoms with E-state index >= 15 is 0 Å². The minimum Gasteiger partial charge on any atom is -0.497 e. The highest BCUT2D eigenvalue weighted by molar-refractivity contribution is 5.82. The molecule has 4 heteroatoms. The molecule has 0 aliphatic carbocycles. The van der Waals surface area contributed by atoms with E-state index in [1.165, 1.54) is 0 Å². The summed E-state index contributed by atoms with van der Waals surface area (Å²) in [4.78, 5) is 15.4. The van der Waals surface area contributed by atoms with Crippen molar-refractivity contribution in [3.8, 4) is 17.0 Å². The van der Waals surface area contributed by atoms with E-state index in [2.05, 4.69) is 4.98 Å². The zero-order valence-electron chi connectivity index (χ0n) is 11.6. The van der Waals surface area contributed by atoms with E-state index in [-0.39, 0.29) is 12.0 Å². The predicted octanol–water partition coefficient (Wildman–Crippen LogP) is 2.70. The number of hydrogen-bond donors (Lipinski definition) is 2. The molecule has 4 nitrogen and oxygen atoms in total. The fourth-order valence-electron chi connectivity index (χ4n) is 2.32. The Bertz CT molecular complexity index is 835. The lowest BCUT2D eigenvalue weighted by Gasteiger charge is -2.07. The minimum absolute atomic E-state index is 0.0425. The second-order valence-electron chi connectivity index (χ2n) is 4.81. The van der Waals surface area contributed by atoms with Gasteiger partial charge in [0.1, 0.15) is 5.75 Å². The van der Waals surface area contributed by atoms with Gasteiger partial charge in [0.25, 0.3) is 0 Å². The third-order valence-electron chi connectivity index (χ3n) is 3.48. The van der Waals surface area contributed by atoms with Gasteiger partial charge >= 0.3 is 0 Å². The van der Waals surface area contributed by atoms with Gasteiger partial charge in [-0.25, -0.2) is 0 Å². The molecule has 0 spiro atoms. The number of rotatable bonds is 3. The number of fused-ring (bicyclic) bond motifs is 1. The van der Waals surface area contributed by atoms with Gasteiger partial charge in [-0.05, 0) is 47.5 Å². The van der Waals surface area contributed by atoms with Crippen molar-refractivity contribution < 1.29 is 9.84 Å². The number of aromatic amines is 1. The molecule has 0 aliphatic heterocycles. The molecule has 0 unspecified atom stereocenters. The smallest absolute Gasteiger partial charge is 0.190 e. The number of nitrogens with one attached hydrogen (secondary N) is 1. The molecule has 0 fully saturated rings. The van der Waals surface area contributed by atoms with Crippen LogP contribution in [0.3, 0.4) is 0 Å².